The normalized spacial score (nSPS) is 11.2. The van der Waals surface area contributed by atoms with Gasteiger partial charge in [0.1, 0.15) is 12.3 Å². The van der Waals surface area contributed by atoms with Crippen LogP contribution in [0.1, 0.15) is 5.56 Å². The predicted molar refractivity (Wildman–Crippen MR) is 119 cm³/mol. The Hall–Kier alpha value is -2.63. The molecule has 3 rings (SSSR count). The predicted octanol–water partition coefficient (Wildman–Crippen LogP) is 3.41. The van der Waals surface area contributed by atoms with Gasteiger partial charge in [0.2, 0.25) is 11.0 Å². The van der Waals surface area contributed by atoms with Crippen LogP contribution in [-0.2, 0) is 14.8 Å². The maximum atomic E-state index is 13.3. The number of amides is 1. The van der Waals surface area contributed by atoms with E-state index >= 15 is 0 Å². The molecule has 158 valence electrons. The van der Waals surface area contributed by atoms with Crippen molar-refractivity contribution in [3.63, 3.8) is 0 Å². The van der Waals surface area contributed by atoms with Gasteiger partial charge in [-0.3, -0.25) is 14.4 Å². The number of nitrogens with zero attached hydrogens (tertiary/aromatic N) is 3. The molecule has 2 aromatic carbocycles. The van der Waals surface area contributed by atoms with Crippen LogP contribution in [0, 0.1) is 6.92 Å². The zero-order valence-corrected chi connectivity index (χ0v) is 19.0. The number of anilines is 2. The first-order chi connectivity index (χ1) is 14.3. The van der Waals surface area contributed by atoms with Gasteiger partial charge in [-0.25, -0.2) is 8.42 Å². The Labute approximate surface area is 183 Å². The number of ether oxygens (including phenoxy) is 1. The molecule has 1 heterocycles. The SMILES string of the molecule is COc1ccc(N(CC(=O)Nc2nnc(SC)s2)S(=O)(=O)c2ccc(C)cc2)cc1. The minimum absolute atomic E-state index is 0.0947. The fourth-order valence-electron chi connectivity index (χ4n) is 2.53. The number of nitrogens with one attached hydrogen (secondary N) is 1. The first-order valence-corrected chi connectivity index (χ1v) is 12.2. The average molecular weight is 465 g/mol. The number of thioether (sulfide) groups is 1. The van der Waals surface area contributed by atoms with Gasteiger partial charge < -0.3 is 4.74 Å². The molecule has 3 aromatic rings. The van der Waals surface area contributed by atoms with Crippen molar-refractivity contribution in [3.8, 4) is 5.75 Å². The quantitative estimate of drug-likeness (QED) is 0.403. The lowest BCUT2D eigenvalue weighted by molar-refractivity contribution is -0.114. The minimum atomic E-state index is -3.98. The fraction of sp³-hybridized carbons (Fsp3) is 0.211. The van der Waals surface area contributed by atoms with Crippen LogP contribution in [0.5, 0.6) is 5.75 Å². The molecule has 30 heavy (non-hydrogen) atoms. The first kappa shape index (κ1) is 22.1. The first-order valence-electron chi connectivity index (χ1n) is 8.74. The summed E-state index contributed by atoms with van der Waals surface area (Å²) < 4.78 is 33.5. The van der Waals surface area contributed by atoms with Crippen molar-refractivity contribution in [2.45, 2.75) is 16.2 Å². The van der Waals surface area contributed by atoms with Gasteiger partial charge in [0, 0.05) is 0 Å². The molecule has 0 aliphatic heterocycles. The lowest BCUT2D eigenvalue weighted by atomic mass is 10.2. The van der Waals surface area contributed by atoms with Gasteiger partial charge >= 0.3 is 0 Å². The molecule has 1 aromatic heterocycles. The Bertz CT molecular complexity index is 1110. The lowest BCUT2D eigenvalue weighted by Crippen LogP contribution is -2.38. The Balaban J connectivity index is 1.92. The molecule has 0 aliphatic carbocycles. The molecule has 11 heteroatoms. The molecule has 0 radical (unpaired) electrons. The third-order valence-corrected chi connectivity index (χ3v) is 7.69. The summed E-state index contributed by atoms with van der Waals surface area (Å²) in [5.41, 5.74) is 1.28. The smallest absolute Gasteiger partial charge is 0.264 e. The van der Waals surface area contributed by atoms with Crippen molar-refractivity contribution in [3.05, 3.63) is 54.1 Å². The molecule has 1 N–H and O–H groups in total. The molecule has 0 aliphatic rings. The van der Waals surface area contributed by atoms with E-state index < -0.39 is 22.5 Å². The van der Waals surface area contributed by atoms with Gasteiger partial charge in [-0.2, -0.15) is 0 Å². The number of benzene rings is 2. The zero-order valence-electron chi connectivity index (χ0n) is 16.5. The van der Waals surface area contributed by atoms with Crippen LogP contribution in [0.25, 0.3) is 0 Å². The molecular formula is C19H20N4O4S3. The van der Waals surface area contributed by atoms with E-state index in [4.69, 9.17) is 4.74 Å². The van der Waals surface area contributed by atoms with Gasteiger partial charge in [0.05, 0.1) is 17.7 Å². The number of aromatic nitrogens is 2. The van der Waals surface area contributed by atoms with E-state index in [9.17, 15) is 13.2 Å². The zero-order chi connectivity index (χ0) is 21.7. The lowest BCUT2D eigenvalue weighted by Gasteiger charge is -2.24. The maximum absolute atomic E-state index is 13.3. The second-order valence-electron chi connectivity index (χ2n) is 6.15. The van der Waals surface area contributed by atoms with Gasteiger partial charge in [-0.05, 0) is 49.6 Å². The summed E-state index contributed by atoms with van der Waals surface area (Å²) in [6.07, 6.45) is 1.85. The standard InChI is InChI=1S/C19H20N4O4S3/c1-13-4-10-16(11-5-13)30(25,26)23(14-6-8-15(27-2)9-7-14)12-17(24)20-18-21-22-19(28-3)29-18/h4-11H,12H2,1-3H3,(H,20,21,24). The van der Waals surface area contributed by atoms with E-state index in [1.165, 1.54) is 42.3 Å². The van der Waals surface area contributed by atoms with Crippen molar-refractivity contribution < 1.29 is 17.9 Å². The minimum Gasteiger partial charge on any atom is -0.497 e. The number of methoxy groups -OCH3 is 1. The van der Waals surface area contributed by atoms with Gasteiger partial charge in [-0.15, -0.1) is 10.2 Å². The summed E-state index contributed by atoms with van der Waals surface area (Å²) in [7, 11) is -2.46. The molecule has 0 atom stereocenters. The number of hydrogen-bond donors (Lipinski definition) is 1. The number of hydrogen-bond acceptors (Lipinski definition) is 8. The molecule has 0 saturated carbocycles. The van der Waals surface area contributed by atoms with Gasteiger partial charge in [0.25, 0.3) is 10.0 Å². The highest BCUT2D eigenvalue weighted by Gasteiger charge is 2.27. The largest absolute Gasteiger partial charge is 0.497 e. The molecule has 0 spiro atoms. The van der Waals surface area contributed by atoms with Crippen LogP contribution in [0.3, 0.4) is 0 Å². The third kappa shape index (κ3) is 5.10. The van der Waals surface area contributed by atoms with E-state index in [0.29, 0.717) is 20.9 Å². The number of rotatable bonds is 8. The summed E-state index contributed by atoms with van der Waals surface area (Å²) in [6, 6.07) is 12.9. The molecule has 0 saturated heterocycles. The highest BCUT2D eigenvalue weighted by molar-refractivity contribution is 8.00. The summed E-state index contributed by atoms with van der Waals surface area (Å²) in [5, 5.41) is 10.7. The van der Waals surface area contributed by atoms with Crippen LogP contribution in [0.2, 0.25) is 0 Å². The van der Waals surface area contributed by atoms with Crippen molar-refractivity contribution >= 4 is 49.8 Å². The summed E-state index contributed by atoms with van der Waals surface area (Å²) in [5.74, 6) is 0.0552. The number of aryl methyl sites for hydroxylation is 1. The summed E-state index contributed by atoms with van der Waals surface area (Å²) in [4.78, 5) is 12.7. The van der Waals surface area contributed by atoms with Gasteiger partial charge in [-0.1, -0.05) is 40.8 Å². The van der Waals surface area contributed by atoms with Crippen LogP contribution >= 0.6 is 23.1 Å². The molecule has 0 bridgehead atoms. The van der Waals surface area contributed by atoms with E-state index in [2.05, 4.69) is 15.5 Å². The molecule has 8 nitrogen and oxygen atoms in total. The number of carbonyl (C=O) groups excluding carboxylic acids is 1. The second-order valence-corrected chi connectivity index (χ2v) is 10.0. The molecule has 0 fully saturated rings. The Morgan fingerprint density at radius 1 is 1.13 bits per heavy atom. The van der Waals surface area contributed by atoms with Crippen LogP contribution in [-0.4, -0.2) is 44.4 Å². The second kappa shape index (κ2) is 9.45. The van der Waals surface area contributed by atoms with E-state index in [-0.39, 0.29) is 4.90 Å². The van der Waals surface area contributed by atoms with Crippen LogP contribution in [0.4, 0.5) is 10.8 Å². The topological polar surface area (TPSA) is 101 Å². The van der Waals surface area contributed by atoms with Crippen molar-refractivity contribution in [2.75, 3.05) is 29.5 Å². The summed E-state index contributed by atoms with van der Waals surface area (Å²) >= 11 is 2.63. The molecule has 1 amide bonds. The van der Waals surface area contributed by atoms with E-state index in [1.807, 2.05) is 13.2 Å². The van der Waals surface area contributed by atoms with Crippen molar-refractivity contribution in [2.24, 2.45) is 0 Å². The Morgan fingerprint density at radius 2 is 1.80 bits per heavy atom. The maximum Gasteiger partial charge on any atom is 0.264 e. The van der Waals surface area contributed by atoms with Gasteiger partial charge in [0.15, 0.2) is 4.34 Å². The molecule has 0 unspecified atom stereocenters. The third-order valence-electron chi connectivity index (χ3n) is 4.08. The van der Waals surface area contributed by atoms with Crippen LogP contribution < -0.4 is 14.4 Å². The Kier molecular flexibility index (Phi) is 6.95. The highest BCUT2D eigenvalue weighted by Crippen LogP contribution is 2.27. The Morgan fingerprint density at radius 3 is 2.37 bits per heavy atom. The summed E-state index contributed by atoms with van der Waals surface area (Å²) in [6.45, 7) is 1.45. The highest BCUT2D eigenvalue weighted by atomic mass is 32.2. The van der Waals surface area contributed by atoms with Crippen molar-refractivity contribution in [1.29, 1.82) is 0 Å². The number of sulfonamides is 1. The fourth-order valence-corrected chi connectivity index (χ4v) is 5.14. The average Bonchev–Trinajstić information content (AvgIpc) is 3.20. The molecular weight excluding hydrogens is 444 g/mol. The van der Waals surface area contributed by atoms with Crippen LogP contribution in [0.15, 0.2) is 57.8 Å². The monoisotopic (exact) mass is 464 g/mol. The number of carbonyl (C=O) groups is 1. The van der Waals surface area contributed by atoms with Crippen molar-refractivity contribution in [1.82, 2.24) is 10.2 Å². The van der Waals surface area contributed by atoms with E-state index in [1.54, 1.807) is 36.4 Å². The van der Waals surface area contributed by atoms with E-state index in [0.717, 1.165) is 9.87 Å².